The first kappa shape index (κ1) is 19.7. The molecule has 2 aliphatic rings. The van der Waals surface area contributed by atoms with Crippen LogP contribution < -0.4 is 4.74 Å². The minimum atomic E-state index is -0.271. The van der Waals surface area contributed by atoms with Crippen LogP contribution in [0, 0.1) is 18.7 Å². The normalized spacial score (nSPS) is 24.4. The topological polar surface area (TPSA) is 42.4 Å². The third-order valence-electron chi connectivity index (χ3n) is 6.66. The second-order valence-electron chi connectivity index (χ2n) is 8.67. The van der Waals surface area contributed by atoms with Gasteiger partial charge in [-0.15, -0.1) is 0 Å². The molecule has 4 atom stereocenters. The highest BCUT2D eigenvalue weighted by molar-refractivity contribution is 5.96. The third kappa shape index (κ3) is 3.69. The van der Waals surface area contributed by atoms with Crippen LogP contribution in [0.1, 0.15) is 35.7 Å². The lowest BCUT2D eigenvalue weighted by Gasteiger charge is -2.37. The van der Waals surface area contributed by atoms with Crippen molar-refractivity contribution in [3.05, 3.63) is 83.8 Å². The van der Waals surface area contributed by atoms with Crippen LogP contribution in [0.3, 0.4) is 0 Å². The Hall–Kier alpha value is -3.21. The zero-order chi connectivity index (χ0) is 21.5. The maximum Gasteiger partial charge on any atom is 0.254 e. The van der Waals surface area contributed by atoms with Gasteiger partial charge in [0.15, 0.2) is 0 Å². The zero-order valence-electron chi connectivity index (χ0n) is 17.7. The molecule has 2 bridgehead atoms. The van der Waals surface area contributed by atoms with Crippen molar-refractivity contribution in [2.24, 2.45) is 5.92 Å². The van der Waals surface area contributed by atoms with Crippen LogP contribution in [0.2, 0.25) is 0 Å². The van der Waals surface area contributed by atoms with E-state index in [-0.39, 0.29) is 29.9 Å². The molecule has 1 saturated heterocycles. The number of hydrogen-bond donors (Lipinski definition) is 0. The van der Waals surface area contributed by atoms with Crippen molar-refractivity contribution in [1.82, 2.24) is 9.88 Å². The number of amides is 1. The summed E-state index contributed by atoms with van der Waals surface area (Å²) in [6, 6.07) is 18.0. The van der Waals surface area contributed by atoms with Crippen LogP contribution in [-0.4, -0.2) is 34.0 Å². The number of carbonyl (C=O) groups is 1. The quantitative estimate of drug-likeness (QED) is 0.582. The maximum atomic E-state index is 13.5. The van der Waals surface area contributed by atoms with Crippen LogP contribution in [0.5, 0.6) is 5.88 Å². The van der Waals surface area contributed by atoms with Gasteiger partial charge in [0.2, 0.25) is 5.88 Å². The highest BCUT2D eigenvalue weighted by atomic mass is 19.1. The Balaban J connectivity index is 1.38. The molecule has 5 heteroatoms. The Morgan fingerprint density at radius 3 is 2.58 bits per heavy atom. The average molecular weight is 416 g/mol. The summed E-state index contributed by atoms with van der Waals surface area (Å²) in [5, 5.41) is 0. The summed E-state index contributed by atoms with van der Waals surface area (Å²) in [6.07, 6.45) is 3.66. The molecule has 5 rings (SSSR count). The Bertz CT molecular complexity index is 1100. The van der Waals surface area contributed by atoms with E-state index >= 15 is 0 Å². The first-order valence-electron chi connectivity index (χ1n) is 10.8. The number of carbonyl (C=O) groups excluding carboxylic acids is 1. The SMILES string of the molecule is Cc1ccc(OC2CC3CC2N(C(=O)c2cccc(-c4ccc(F)cc4)c2)C3C)nc1. The van der Waals surface area contributed by atoms with Gasteiger partial charge in [0.25, 0.3) is 5.91 Å². The first-order chi connectivity index (χ1) is 15.0. The number of fused-ring (bicyclic) bond motifs is 2. The van der Waals surface area contributed by atoms with Crippen molar-refractivity contribution in [1.29, 1.82) is 0 Å². The molecule has 1 aliphatic carbocycles. The Labute approximate surface area is 181 Å². The summed E-state index contributed by atoms with van der Waals surface area (Å²) in [5.74, 6) is 0.798. The highest BCUT2D eigenvalue weighted by Crippen LogP contribution is 2.44. The summed E-state index contributed by atoms with van der Waals surface area (Å²) in [4.78, 5) is 19.9. The number of likely N-dealkylation sites (tertiary alicyclic amines) is 1. The van der Waals surface area contributed by atoms with Gasteiger partial charge in [0.1, 0.15) is 11.9 Å². The molecular weight excluding hydrogens is 391 g/mol. The summed E-state index contributed by atoms with van der Waals surface area (Å²) in [6.45, 7) is 4.13. The monoisotopic (exact) mass is 416 g/mol. The Morgan fingerprint density at radius 1 is 1.06 bits per heavy atom. The van der Waals surface area contributed by atoms with Crippen LogP contribution in [0.15, 0.2) is 66.9 Å². The lowest BCUT2D eigenvalue weighted by Crippen LogP contribution is -2.51. The van der Waals surface area contributed by atoms with Gasteiger partial charge < -0.3 is 9.64 Å². The molecule has 1 amide bonds. The van der Waals surface area contributed by atoms with Crippen molar-refractivity contribution >= 4 is 5.91 Å². The first-order valence-corrected chi connectivity index (χ1v) is 10.8. The minimum absolute atomic E-state index is 0.0223. The molecular formula is C26H25FN2O2. The molecule has 158 valence electrons. The summed E-state index contributed by atoms with van der Waals surface area (Å²) in [7, 11) is 0. The van der Waals surface area contributed by atoms with E-state index < -0.39 is 0 Å². The van der Waals surface area contributed by atoms with E-state index in [0.29, 0.717) is 17.4 Å². The molecule has 1 aromatic heterocycles. The summed E-state index contributed by atoms with van der Waals surface area (Å²) in [5.41, 5.74) is 3.53. The molecule has 2 fully saturated rings. The van der Waals surface area contributed by atoms with E-state index in [2.05, 4.69) is 11.9 Å². The fourth-order valence-corrected chi connectivity index (χ4v) is 4.99. The van der Waals surface area contributed by atoms with Gasteiger partial charge in [-0.1, -0.05) is 30.3 Å². The second-order valence-corrected chi connectivity index (χ2v) is 8.67. The number of piperidine rings is 1. The number of hydrogen-bond acceptors (Lipinski definition) is 3. The second kappa shape index (κ2) is 7.80. The van der Waals surface area contributed by atoms with Crippen LogP contribution in [0.25, 0.3) is 11.1 Å². The number of aryl methyl sites for hydroxylation is 1. The predicted octanol–water partition coefficient (Wildman–Crippen LogP) is 5.27. The number of pyridine rings is 1. The van der Waals surface area contributed by atoms with Gasteiger partial charge in [0, 0.05) is 23.9 Å². The van der Waals surface area contributed by atoms with E-state index in [0.717, 1.165) is 29.5 Å². The molecule has 2 heterocycles. The predicted molar refractivity (Wildman–Crippen MR) is 117 cm³/mol. The lowest BCUT2D eigenvalue weighted by molar-refractivity contribution is 0.0314. The number of ether oxygens (including phenoxy) is 1. The van der Waals surface area contributed by atoms with Crippen LogP contribution in [-0.2, 0) is 0 Å². The van der Waals surface area contributed by atoms with Gasteiger partial charge in [-0.3, -0.25) is 4.79 Å². The molecule has 0 spiro atoms. The molecule has 4 nitrogen and oxygen atoms in total. The molecule has 4 unspecified atom stereocenters. The minimum Gasteiger partial charge on any atom is -0.472 e. The summed E-state index contributed by atoms with van der Waals surface area (Å²) < 4.78 is 19.5. The van der Waals surface area contributed by atoms with Gasteiger partial charge in [-0.25, -0.2) is 9.37 Å². The van der Waals surface area contributed by atoms with Crippen molar-refractivity contribution in [3.63, 3.8) is 0 Å². The highest BCUT2D eigenvalue weighted by Gasteiger charge is 2.52. The third-order valence-corrected chi connectivity index (χ3v) is 6.66. The van der Waals surface area contributed by atoms with Gasteiger partial charge in [0.05, 0.1) is 6.04 Å². The van der Waals surface area contributed by atoms with E-state index in [1.807, 2.05) is 48.2 Å². The Kier molecular flexibility index (Phi) is 4.97. The van der Waals surface area contributed by atoms with Crippen LogP contribution >= 0.6 is 0 Å². The number of aromatic nitrogens is 1. The number of rotatable bonds is 4. The van der Waals surface area contributed by atoms with Gasteiger partial charge >= 0.3 is 0 Å². The zero-order valence-corrected chi connectivity index (χ0v) is 17.7. The lowest BCUT2D eigenvalue weighted by atomic mass is 9.97. The number of halogens is 1. The Morgan fingerprint density at radius 2 is 1.87 bits per heavy atom. The van der Waals surface area contributed by atoms with Crippen molar-refractivity contribution in [3.8, 4) is 17.0 Å². The molecule has 0 N–H and O–H groups in total. The largest absolute Gasteiger partial charge is 0.472 e. The maximum absolute atomic E-state index is 13.5. The van der Waals surface area contributed by atoms with Gasteiger partial charge in [-0.05, 0) is 73.6 Å². The van der Waals surface area contributed by atoms with E-state index in [9.17, 15) is 9.18 Å². The standard InChI is InChI=1S/C26H25FN2O2/c1-16-6-11-25(28-15-16)31-24-14-21-13-23(24)29(17(21)2)26(30)20-5-3-4-19(12-20)18-7-9-22(27)10-8-18/h3-12,15,17,21,23-24H,13-14H2,1-2H3. The molecule has 1 saturated carbocycles. The molecule has 3 aromatic rings. The van der Waals surface area contributed by atoms with Crippen molar-refractivity contribution in [2.45, 2.75) is 44.9 Å². The fraction of sp³-hybridized carbons (Fsp3) is 0.308. The molecule has 2 aromatic carbocycles. The van der Waals surface area contributed by atoms with E-state index in [4.69, 9.17) is 4.74 Å². The molecule has 0 radical (unpaired) electrons. The molecule has 31 heavy (non-hydrogen) atoms. The number of nitrogens with zero attached hydrogens (tertiary/aromatic N) is 2. The smallest absolute Gasteiger partial charge is 0.254 e. The van der Waals surface area contributed by atoms with Crippen molar-refractivity contribution in [2.75, 3.05) is 0 Å². The van der Waals surface area contributed by atoms with E-state index in [1.165, 1.54) is 12.1 Å². The average Bonchev–Trinajstić information content (AvgIpc) is 3.33. The van der Waals surface area contributed by atoms with Gasteiger partial charge in [-0.2, -0.15) is 0 Å². The number of benzene rings is 2. The van der Waals surface area contributed by atoms with Crippen molar-refractivity contribution < 1.29 is 13.9 Å². The fourth-order valence-electron chi connectivity index (χ4n) is 4.99. The molecule has 1 aliphatic heterocycles. The summed E-state index contributed by atoms with van der Waals surface area (Å²) >= 11 is 0. The van der Waals surface area contributed by atoms with Crippen LogP contribution in [0.4, 0.5) is 4.39 Å². The van der Waals surface area contributed by atoms with E-state index in [1.54, 1.807) is 18.3 Å².